The number of rotatable bonds is 0. The molecule has 0 aliphatic carbocycles. The van der Waals surface area contributed by atoms with Crippen molar-refractivity contribution < 1.29 is 9.53 Å². The molecule has 0 unspecified atom stereocenters. The maximum atomic E-state index is 12.2. The Morgan fingerprint density at radius 2 is 2.11 bits per heavy atom. The van der Waals surface area contributed by atoms with Gasteiger partial charge in [0, 0.05) is 11.6 Å². The summed E-state index contributed by atoms with van der Waals surface area (Å²) in [5, 5.41) is 0.705. The van der Waals surface area contributed by atoms with Gasteiger partial charge in [0.05, 0.1) is 6.04 Å². The van der Waals surface area contributed by atoms with E-state index in [1.54, 1.807) is 4.90 Å². The minimum absolute atomic E-state index is 0.00250. The van der Waals surface area contributed by atoms with Crippen LogP contribution in [0.3, 0.4) is 0 Å². The second-order valence-electron chi connectivity index (χ2n) is 5.94. The number of amides is 1. The zero-order valence-corrected chi connectivity index (χ0v) is 12.6. The molecule has 4 heteroatoms. The van der Waals surface area contributed by atoms with Crippen LogP contribution in [0, 0.1) is 0 Å². The molecule has 1 aromatic carbocycles. The molecule has 1 aliphatic heterocycles. The van der Waals surface area contributed by atoms with E-state index in [4.69, 9.17) is 16.3 Å². The van der Waals surface area contributed by atoms with Gasteiger partial charge in [0.25, 0.3) is 0 Å². The van der Waals surface area contributed by atoms with Crippen LogP contribution < -0.4 is 0 Å². The minimum Gasteiger partial charge on any atom is -0.444 e. The number of fused-ring (bicyclic) bond motifs is 1. The van der Waals surface area contributed by atoms with Crippen LogP contribution in [-0.2, 0) is 11.2 Å². The van der Waals surface area contributed by atoms with E-state index in [-0.39, 0.29) is 12.1 Å². The van der Waals surface area contributed by atoms with Gasteiger partial charge in [-0.1, -0.05) is 17.7 Å². The number of carbonyl (C=O) groups excluding carboxylic acids is 1. The van der Waals surface area contributed by atoms with E-state index in [1.165, 1.54) is 5.56 Å². The zero-order valence-electron chi connectivity index (χ0n) is 11.9. The van der Waals surface area contributed by atoms with Gasteiger partial charge in [-0.05, 0) is 57.4 Å². The van der Waals surface area contributed by atoms with Gasteiger partial charge in [-0.2, -0.15) is 0 Å². The lowest BCUT2D eigenvalue weighted by Gasteiger charge is -2.36. The molecule has 0 saturated carbocycles. The highest BCUT2D eigenvalue weighted by Crippen LogP contribution is 2.32. The van der Waals surface area contributed by atoms with E-state index in [0.717, 1.165) is 12.0 Å². The third-order valence-corrected chi connectivity index (χ3v) is 3.51. The summed E-state index contributed by atoms with van der Waals surface area (Å²) >= 11 is 6.04. The van der Waals surface area contributed by atoms with Crippen LogP contribution in [0.25, 0.3) is 0 Å². The molecular formula is C15H20ClNO2. The maximum Gasteiger partial charge on any atom is 0.410 e. The predicted molar refractivity (Wildman–Crippen MR) is 76.5 cm³/mol. The summed E-state index contributed by atoms with van der Waals surface area (Å²) in [6, 6.07) is 5.88. The van der Waals surface area contributed by atoms with E-state index < -0.39 is 5.60 Å². The number of hydrogen-bond acceptors (Lipinski definition) is 2. The van der Waals surface area contributed by atoms with Gasteiger partial charge in [0.1, 0.15) is 5.60 Å². The van der Waals surface area contributed by atoms with E-state index in [1.807, 2.05) is 45.9 Å². The Bertz CT molecular complexity index is 493. The van der Waals surface area contributed by atoms with E-state index in [0.29, 0.717) is 11.6 Å². The first-order valence-electron chi connectivity index (χ1n) is 6.56. The van der Waals surface area contributed by atoms with Crippen LogP contribution in [0.1, 0.15) is 44.9 Å². The van der Waals surface area contributed by atoms with Gasteiger partial charge in [0.15, 0.2) is 0 Å². The molecule has 19 heavy (non-hydrogen) atoms. The molecule has 1 heterocycles. The predicted octanol–water partition coefficient (Wildman–Crippen LogP) is 4.19. The second kappa shape index (κ2) is 5.04. The molecule has 1 amide bonds. The van der Waals surface area contributed by atoms with Crippen molar-refractivity contribution in [2.24, 2.45) is 0 Å². The monoisotopic (exact) mass is 281 g/mol. The molecule has 0 N–H and O–H groups in total. The molecule has 2 rings (SSSR count). The third kappa shape index (κ3) is 3.21. The number of nitrogens with zero attached hydrogens (tertiary/aromatic N) is 1. The Kier molecular flexibility index (Phi) is 3.77. The molecule has 0 aromatic heterocycles. The Morgan fingerprint density at radius 3 is 2.74 bits per heavy atom. The van der Waals surface area contributed by atoms with Crippen LogP contribution in [0.5, 0.6) is 0 Å². The molecule has 0 fully saturated rings. The average Bonchev–Trinajstić information content (AvgIpc) is 2.28. The summed E-state index contributed by atoms with van der Waals surface area (Å²) in [6.45, 7) is 8.34. The average molecular weight is 282 g/mol. The number of halogens is 1. The first-order valence-corrected chi connectivity index (χ1v) is 6.93. The zero-order chi connectivity index (χ0) is 14.2. The van der Waals surface area contributed by atoms with Crippen LogP contribution >= 0.6 is 11.6 Å². The highest BCUT2D eigenvalue weighted by molar-refractivity contribution is 6.30. The van der Waals surface area contributed by atoms with Crippen LogP contribution in [0.4, 0.5) is 4.79 Å². The third-order valence-electron chi connectivity index (χ3n) is 3.28. The fourth-order valence-corrected chi connectivity index (χ4v) is 2.54. The highest BCUT2D eigenvalue weighted by Gasteiger charge is 2.30. The van der Waals surface area contributed by atoms with Gasteiger partial charge >= 0.3 is 6.09 Å². The summed E-state index contributed by atoms with van der Waals surface area (Å²) in [5.41, 5.74) is 1.91. The molecule has 0 bridgehead atoms. The molecule has 1 aromatic rings. The summed E-state index contributed by atoms with van der Waals surface area (Å²) in [4.78, 5) is 14.0. The molecule has 1 atom stereocenters. The van der Waals surface area contributed by atoms with Gasteiger partial charge in [-0.25, -0.2) is 4.79 Å². The minimum atomic E-state index is -0.467. The molecular weight excluding hydrogens is 262 g/mol. The van der Waals surface area contributed by atoms with Gasteiger partial charge in [-0.15, -0.1) is 0 Å². The standard InChI is InChI=1S/C15H20ClNO2/c1-10-13-9-12(16)6-5-11(13)7-8-17(10)14(18)19-15(2,3)4/h5-6,9-10H,7-8H2,1-4H3/t10-/m1/s1. The van der Waals surface area contributed by atoms with E-state index >= 15 is 0 Å². The summed E-state index contributed by atoms with van der Waals surface area (Å²) in [7, 11) is 0. The fourth-order valence-electron chi connectivity index (χ4n) is 2.35. The van der Waals surface area contributed by atoms with Crippen molar-refractivity contribution in [3.63, 3.8) is 0 Å². The number of carbonyl (C=O) groups is 1. The van der Waals surface area contributed by atoms with Gasteiger partial charge in [-0.3, -0.25) is 0 Å². The largest absolute Gasteiger partial charge is 0.444 e. The van der Waals surface area contributed by atoms with Gasteiger partial charge < -0.3 is 9.64 Å². The fraction of sp³-hybridized carbons (Fsp3) is 0.533. The molecule has 1 aliphatic rings. The van der Waals surface area contributed by atoms with Crippen LogP contribution in [0.15, 0.2) is 18.2 Å². The number of hydrogen-bond donors (Lipinski definition) is 0. The Balaban J connectivity index is 2.21. The lowest BCUT2D eigenvalue weighted by atomic mass is 9.94. The molecule has 3 nitrogen and oxygen atoms in total. The molecule has 0 saturated heterocycles. The number of ether oxygens (including phenoxy) is 1. The Hall–Kier alpha value is -1.22. The van der Waals surface area contributed by atoms with Crippen molar-refractivity contribution in [1.82, 2.24) is 4.90 Å². The molecule has 0 radical (unpaired) electrons. The van der Waals surface area contributed by atoms with E-state index in [9.17, 15) is 4.79 Å². The summed E-state index contributed by atoms with van der Waals surface area (Å²) in [6.07, 6.45) is 0.585. The quantitative estimate of drug-likeness (QED) is 0.713. The SMILES string of the molecule is C[C@@H]1c2cc(Cl)ccc2CCN1C(=O)OC(C)(C)C. The van der Waals surface area contributed by atoms with Gasteiger partial charge in [0.2, 0.25) is 0 Å². The van der Waals surface area contributed by atoms with Crippen molar-refractivity contribution >= 4 is 17.7 Å². The second-order valence-corrected chi connectivity index (χ2v) is 6.38. The summed E-state index contributed by atoms with van der Waals surface area (Å²) < 4.78 is 5.45. The van der Waals surface area contributed by atoms with Crippen LogP contribution in [0.2, 0.25) is 5.02 Å². The van der Waals surface area contributed by atoms with Crippen LogP contribution in [-0.4, -0.2) is 23.1 Å². The molecule has 0 spiro atoms. The van der Waals surface area contributed by atoms with Crippen molar-refractivity contribution in [3.05, 3.63) is 34.3 Å². The summed E-state index contributed by atoms with van der Waals surface area (Å²) in [5.74, 6) is 0. The smallest absolute Gasteiger partial charge is 0.410 e. The Morgan fingerprint density at radius 1 is 1.42 bits per heavy atom. The van der Waals surface area contributed by atoms with Crippen molar-refractivity contribution in [2.45, 2.75) is 45.8 Å². The van der Waals surface area contributed by atoms with E-state index in [2.05, 4.69) is 0 Å². The normalized spacial score (nSPS) is 19.0. The molecule has 104 valence electrons. The Labute approximate surface area is 119 Å². The van der Waals surface area contributed by atoms with Crippen molar-refractivity contribution in [2.75, 3.05) is 6.54 Å². The lowest BCUT2D eigenvalue weighted by Crippen LogP contribution is -2.42. The topological polar surface area (TPSA) is 29.5 Å². The van der Waals surface area contributed by atoms with Crippen molar-refractivity contribution in [1.29, 1.82) is 0 Å². The maximum absolute atomic E-state index is 12.2. The number of benzene rings is 1. The first-order chi connectivity index (χ1) is 8.78. The first kappa shape index (κ1) is 14.2. The highest BCUT2D eigenvalue weighted by atomic mass is 35.5. The van der Waals surface area contributed by atoms with Crippen molar-refractivity contribution in [3.8, 4) is 0 Å². The lowest BCUT2D eigenvalue weighted by molar-refractivity contribution is 0.0160.